The van der Waals surface area contributed by atoms with Crippen molar-refractivity contribution in [3.05, 3.63) is 114 Å². The van der Waals surface area contributed by atoms with Crippen LogP contribution in [0.25, 0.3) is 10.8 Å². The number of phenolic OH excluding ortho intramolecular Hbond substituents is 1. The first-order valence-electron chi connectivity index (χ1n) is 12.1. The molecule has 0 saturated carbocycles. The lowest BCUT2D eigenvalue weighted by atomic mass is 10.0. The predicted octanol–water partition coefficient (Wildman–Crippen LogP) is 5.47. The Morgan fingerprint density at radius 3 is 1.94 bits per heavy atom. The fourth-order valence-electron chi connectivity index (χ4n) is 4.78. The minimum absolute atomic E-state index is 0.0421. The number of phenols is 1. The van der Waals surface area contributed by atoms with E-state index in [2.05, 4.69) is 70.5 Å². The highest BCUT2D eigenvalue weighted by molar-refractivity contribution is 5.89. The molecule has 0 spiro atoms. The number of nitrogens with zero attached hydrogens (tertiary/aromatic N) is 2. The zero-order valence-corrected chi connectivity index (χ0v) is 19.5. The summed E-state index contributed by atoms with van der Waals surface area (Å²) in [5.74, 6) is 0.418. The van der Waals surface area contributed by atoms with Gasteiger partial charge in [0.1, 0.15) is 11.9 Å². The molecule has 1 heterocycles. The number of hydrogen-bond donors (Lipinski definition) is 1. The number of rotatable bonds is 8. The van der Waals surface area contributed by atoms with Crippen LogP contribution in [0.4, 0.5) is 0 Å². The number of benzene rings is 4. The maximum atomic E-state index is 10.7. The monoisotopic (exact) mass is 452 g/mol. The molecule has 174 valence electrons. The van der Waals surface area contributed by atoms with Gasteiger partial charge in [-0.1, -0.05) is 97.1 Å². The van der Waals surface area contributed by atoms with Gasteiger partial charge in [0.15, 0.2) is 0 Å². The summed E-state index contributed by atoms with van der Waals surface area (Å²) in [6.45, 7) is 6.41. The van der Waals surface area contributed by atoms with Crippen molar-refractivity contribution in [2.24, 2.45) is 0 Å². The van der Waals surface area contributed by atoms with Crippen molar-refractivity contribution >= 4 is 10.8 Å². The van der Waals surface area contributed by atoms with Gasteiger partial charge in [0, 0.05) is 50.2 Å². The van der Waals surface area contributed by atoms with E-state index in [4.69, 9.17) is 4.74 Å². The summed E-state index contributed by atoms with van der Waals surface area (Å²) in [5.41, 5.74) is 3.38. The van der Waals surface area contributed by atoms with Crippen LogP contribution in [-0.4, -0.2) is 54.2 Å². The van der Waals surface area contributed by atoms with Gasteiger partial charge in [-0.2, -0.15) is 0 Å². The molecule has 0 radical (unpaired) electrons. The average molecular weight is 453 g/mol. The number of hydrogen-bond acceptors (Lipinski definition) is 4. The Kier molecular flexibility index (Phi) is 7.20. The van der Waals surface area contributed by atoms with Crippen LogP contribution in [0, 0.1) is 0 Å². The standard InChI is InChI=1S/C30H32N2O2/c33-29-27(16-15-24-9-7-8-14-28(24)29)23-32-19-17-31(18-20-32)21-22-34-30(25-10-3-1-4-11-25)26-12-5-2-6-13-26/h1-16,30,33H,17-23H2. The molecule has 4 nitrogen and oxygen atoms in total. The summed E-state index contributed by atoms with van der Waals surface area (Å²) < 4.78 is 6.41. The Balaban J connectivity index is 1.13. The molecule has 1 N–H and O–H groups in total. The lowest BCUT2D eigenvalue weighted by Gasteiger charge is -2.35. The Morgan fingerprint density at radius 2 is 1.26 bits per heavy atom. The van der Waals surface area contributed by atoms with E-state index in [1.54, 1.807) is 0 Å². The Morgan fingerprint density at radius 1 is 0.676 bits per heavy atom. The van der Waals surface area contributed by atoms with E-state index in [0.717, 1.165) is 55.6 Å². The second kappa shape index (κ2) is 10.8. The smallest absolute Gasteiger partial charge is 0.127 e. The Labute approximate surface area is 202 Å². The van der Waals surface area contributed by atoms with Gasteiger partial charge < -0.3 is 9.84 Å². The molecule has 0 unspecified atom stereocenters. The van der Waals surface area contributed by atoms with Crippen molar-refractivity contribution in [2.45, 2.75) is 12.6 Å². The summed E-state index contributed by atoms with van der Waals surface area (Å²) in [7, 11) is 0. The van der Waals surface area contributed by atoms with Crippen molar-refractivity contribution in [2.75, 3.05) is 39.3 Å². The third-order valence-corrected chi connectivity index (χ3v) is 6.74. The summed E-state index contributed by atoms with van der Waals surface area (Å²) in [6, 6.07) is 33.1. The van der Waals surface area contributed by atoms with Crippen LogP contribution >= 0.6 is 0 Å². The highest BCUT2D eigenvalue weighted by Gasteiger charge is 2.20. The molecule has 1 saturated heterocycles. The van der Waals surface area contributed by atoms with Crippen molar-refractivity contribution in [1.82, 2.24) is 9.80 Å². The topological polar surface area (TPSA) is 35.9 Å². The van der Waals surface area contributed by atoms with Gasteiger partial charge in [0.05, 0.1) is 6.61 Å². The van der Waals surface area contributed by atoms with E-state index < -0.39 is 0 Å². The van der Waals surface area contributed by atoms with Gasteiger partial charge in [-0.3, -0.25) is 9.80 Å². The van der Waals surface area contributed by atoms with Crippen molar-refractivity contribution < 1.29 is 9.84 Å². The van der Waals surface area contributed by atoms with Crippen molar-refractivity contribution in [3.63, 3.8) is 0 Å². The zero-order valence-electron chi connectivity index (χ0n) is 19.5. The van der Waals surface area contributed by atoms with Gasteiger partial charge in [0.2, 0.25) is 0 Å². The second-order valence-corrected chi connectivity index (χ2v) is 8.98. The minimum atomic E-state index is -0.0421. The summed E-state index contributed by atoms with van der Waals surface area (Å²) >= 11 is 0. The van der Waals surface area contributed by atoms with Crippen LogP contribution < -0.4 is 0 Å². The van der Waals surface area contributed by atoms with Gasteiger partial charge in [-0.05, 0) is 16.5 Å². The SMILES string of the molecule is Oc1c(CN2CCN(CCOC(c3ccccc3)c3ccccc3)CC2)ccc2ccccc12. The van der Waals surface area contributed by atoms with E-state index in [0.29, 0.717) is 12.4 Å². The fourth-order valence-corrected chi connectivity index (χ4v) is 4.78. The highest BCUT2D eigenvalue weighted by Crippen LogP contribution is 2.30. The van der Waals surface area contributed by atoms with Crippen molar-refractivity contribution in [3.8, 4) is 5.75 Å². The van der Waals surface area contributed by atoms with Crippen LogP contribution in [0.2, 0.25) is 0 Å². The molecule has 4 aromatic carbocycles. The van der Waals surface area contributed by atoms with E-state index >= 15 is 0 Å². The molecule has 0 aromatic heterocycles. The first kappa shape index (κ1) is 22.6. The number of ether oxygens (including phenoxy) is 1. The Bertz CT molecular complexity index is 1150. The lowest BCUT2D eigenvalue weighted by molar-refractivity contribution is 0.0441. The van der Waals surface area contributed by atoms with E-state index in [9.17, 15) is 5.11 Å². The molecular formula is C30H32N2O2. The molecule has 34 heavy (non-hydrogen) atoms. The van der Waals surface area contributed by atoms with E-state index in [-0.39, 0.29) is 6.10 Å². The molecule has 1 fully saturated rings. The predicted molar refractivity (Wildman–Crippen MR) is 138 cm³/mol. The van der Waals surface area contributed by atoms with Gasteiger partial charge in [-0.15, -0.1) is 0 Å². The first-order valence-corrected chi connectivity index (χ1v) is 12.1. The maximum Gasteiger partial charge on any atom is 0.127 e. The zero-order chi connectivity index (χ0) is 23.2. The molecule has 0 atom stereocenters. The highest BCUT2D eigenvalue weighted by atomic mass is 16.5. The number of piperazine rings is 1. The molecule has 1 aliphatic rings. The van der Waals surface area contributed by atoms with Gasteiger partial charge in [0.25, 0.3) is 0 Å². The van der Waals surface area contributed by atoms with Gasteiger partial charge >= 0.3 is 0 Å². The summed E-state index contributed by atoms with van der Waals surface area (Å²) in [4.78, 5) is 4.90. The normalized spacial score (nSPS) is 15.2. The molecule has 5 rings (SSSR count). The molecule has 0 bridgehead atoms. The Hall–Kier alpha value is -3.18. The maximum absolute atomic E-state index is 10.7. The van der Waals surface area contributed by atoms with Gasteiger partial charge in [-0.25, -0.2) is 0 Å². The minimum Gasteiger partial charge on any atom is -0.507 e. The van der Waals surface area contributed by atoms with Crippen LogP contribution in [0.15, 0.2) is 97.1 Å². The molecule has 0 amide bonds. The third kappa shape index (κ3) is 5.31. The molecule has 4 aromatic rings. The molecule has 0 aliphatic carbocycles. The van der Waals surface area contributed by atoms with E-state index in [1.807, 2.05) is 36.4 Å². The van der Waals surface area contributed by atoms with Crippen LogP contribution in [-0.2, 0) is 11.3 Å². The lowest BCUT2D eigenvalue weighted by Crippen LogP contribution is -2.46. The fraction of sp³-hybridized carbons (Fsp3) is 0.267. The quantitative estimate of drug-likeness (QED) is 0.385. The largest absolute Gasteiger partial charge is 0.507 e. The number of aromatic hydroxyl groups is 1. The average Bonchev–Trinajstić information content (AvgIpc) is 2.90. The second-order valence-electron chi connectivity index (χ2n) is 8.98. The summed E-state index contributed by atoms with van der Waals surface area (Å²) in [5, 5.41) is 12.7. The molecule has 1 aliphatic heterocycles. The van der Waals surface area contributed by atoms with Crippen LogP contribution in [0.3, 0.4) is 0 Å². The number of fused-ring (bicyclic) bond motifs is 1. The first-order chi connectivity index (χ1) is 16.8. The third-order valence-electron chi connectivity index (χ3n) is 6.74. The van der Waals surface area contributed by atoms with E-state index in [1.165, 1.54) is 11.1 Å². The summed E-state index contributed by atoms with van der Waals surface area (Å²) in [6.07, 6.45) is -0.0421. The van der Waals surface area contributed by atoms with Crippen LogP contribution in [0.1, 0.15) is 22.8 Å². The van der Waals surface area contributed by atoms with Crippen LogP contribution in [0.5, 0.6) is 5.75 Å². The molecular weight excluding hydrogens is 420 g/mol. The molecule has 4 heteroatoms. The van der Waals surface area contributed by atoms with Crippen molar-refractivity contribution in [1.29, 1.82) is 0 Å².